The van der Waals surface area contributed by atoms with Crippen LogP contribution in [0.1, 0.15) is 32.7 Å². The van der Waals surface area contributed by atoms with Crippen molar-refractivity contribution in [3.8, 4) is 0 Å². The summed E-state index contributed by atoms with van der Waals surface area (Å²) in [7, 11) is 1.91. The van der Waals surface area contributed by atoms with E-state index in [4.69, 9.17) is 11.6 Å². The summed E-state index contributed by atoms with van der Waals surface area (Å²) in [5.41, 5.74) is -1.52. The Kier molecular flexibility index (Phi) is 8.17. The highest BCUT2D eigenvalue weighted by atomic mass is 35.5. The molecule has 2 N–H and O–H groups in total. The minimum Gasteiger partial charge on any atom is -0.370 e. The number of alkyl halides is 3. The van der Waals surface area contributed by atoms with Gasteiger partial charge in [-0.15, -0.1) is 0 Å². The fourth-order valence-electron chi connectivity index (χ4n) is 4.11. The maximum absolute atomic E-state index is 14.0. The molecule has 1 aliphatic heterocycles. The Morgan fingerprint density at radius 2 is 1.74 bits per heavy atom. The second-order valence-corrected chi connectivity index (χ2v) is 9.27. The van der Waals surface area contributed by atoms with Crippen LogP contribution in [0, 0.1) is 5.82 Å². The number of amides is 2. The van der Waals surface area contributed by atoms with Gasteiger partial charge in [-0.25, -0.2) is 9.37 Å². The largest absolute Gasteiger partial charge is 0.418 e. The number of halogens is 5. The number of nitrogens with zero attached hydrogens (tertiary/aromatic N) is 3. The Bertz CT molecular complexity index is 1330. The number of hydrogen-bond donors (Lipinski definition) is 2. The Morgan fingerprint density at radius 1 is 0.947 bits per heavy atom. The summed E-state index contributed by atoms with van der Waals surface area (Å²) in [5.74, 6) is -2.29. The Hall–Kier alpha value is -3.70. The highest BCUT2D eigenvalue weighted by molar-refractivity contribution is 6.30. The molecule has 1 aliphatic rings. The van der Waals surface area contributed by atoms with Crippen LogP contribution >= 0.6 is 11.6 Å². The first-order valence-corrected chi connectivity index (χ1v) is 12.1. The molecule has 12 heteroatoms. The topological polar surface area (TPSA) is 77.6 Å². The van der Waals surface area contributed by atoms with E-state index in [-0.39, 0.29) is 28.3 Å². The fraction of sp³-hybridized carbons (Fsp3) is 0.269. The van der Waals surface area contributed by atoms with Gasteiger partial charge in [0.2, 0.25) is 0 Å². The van der Waals surface area contributed by atoms with Crippen LogP contribution in [0.3, 0.4) is 0 Å². The minimum atomic E-state index is -4.70. The van der Waals surface area contributed by atoms with Gasteiger partial charge in [-0.05, 0) is 68.5 Å². The van der Waals surface area contributed by atoms with Gasteiger partial charge in [0.25, 0.3) is 11.8 Å². The van der Waals surface area contributed by atoms with Crippen molar-refractivity contribution in [2.45, 2.75) is 12.6 Å². The molecule has 0 saturated carbocycles. The predicted molar refractivity (Wildman–Crippen MR) is 137 cm³/mol. The van der Waals surface area contributed by atoms with Crippen LogP contribution in [-0.4, -0.2) is 54.9 Å². The second kappa shape index (κ2) is 11.4. The molecule has 0 radical (unpaired) electrons. The molecule has 200 valence electrons. The lowest BCUT2D eigenvalue weighted by molar-refractivity contribution is -0.137. The number of likely N-dealkylation sites (N-methyl/N-ethyl adjacent to an activating group) is 1. The molecule has 0 spiro atoms. The van der Waals surface area contributed by atoms with E-state index in [1.807, 2.05) is 7.05 Å². The van der Waals surface area contributed by atoms with Gasteiger partial charge in [0, 0.05) is 37.1 Å². The molecule has 3 aromatic rings. The zero-order valence-electron chi connectivity index (χ0n) is 20.3. The highest BCUT2D eigenvalue weighted by Crippen LogP contribution is 2.38. The number of carbonyl (C=O) groups is 2. The average Bonchev–Trinajstić information content (AvgIpc) is 3.09. The summed E-state index contributed by atoms with van der Waals surface area (Å²) in [6.07, 6.45) is -2.69. The van der Waals surface area contributed by atoms with E-state index in [0.29, 0.717) is 31.1 Å². The summed E-state index contributed by atoms with van der Waals surface area (Å²) in [6.45, 7) is 2.26. The first kappa shape index (κ1) is 27.3. The zero-order valence-corrected chi connectivity index (χ0v) is 21.0. The first-order chi connectivity index (χ1) is 18.0. The predicted octanol–water partition coefficient (Wildman–Crippen LogP) is 5.54. The van der Waals surface area contributed by atoms with Crippen LogP contribution in [0.2, 0.25) is 5.02 Å². The number of nitrogens with one attached hydrogen (secondary N) is 2. The van der Waals surface area contributed by atoms with Crippen molar-refractivity contribution in [2.75, 3.05) is 48.8 Å². The number of pyridine rings is 1. The van der Waals surface area contributed by atoms with Gasteiger partial charge in [0.15, 0.2) is 0 Å². The lowest BCUT2D eigenvalue weighted by Crippen LogP contribution is -2.30. The first-order valence-electron chi connectivity index (χ1n) is 11.7. The molecule has 2 aromatic carbocycles. The molecule has 0 unspecified atom stereocenters. The summed E-state index contributed by atoms with van der Waals surface area (Å²) in [4.78, 5) is 33.4. The molecule has 0 bridgehead atoms. The van der Waals surface area contributed by atoms with Gasteiger partial charge >= 0.3 is 6.18 Å². The van der Waals surface area contributed by atoms with Gasteiger partial charge in [-0.2, -0.15) is 13.2 Å². The van der Waals surface area contributed by atoms with E-state index in [1.165, 1.54) is 30.5 Å². The van der Waals surface area contributed by atoms with Crippen molar-refractivity contribution in [3.63, 3.8) is 0 Å². The van der Waals surface area contributed by atoms with Crippen LogP contribution in [0.5, 0.6) is 0 Å². The van der Waals surface area contributed by atoms with Crippen molar-refractivity contribution >= 4 is 40.6 Å². The van der Waals surface area contributed by atoms with E-state index in [2.05, 4.69) is 20.5 Å². The number of aromatic nitrogens is 1. The van der Waals surface area contributed by atoms with E-state index in [1.54, 1.807) is 4.90 Å². The van der Waals surface area contributed by atoms with Crippen LogP contribution in [0.15, 0.2) is 54.7 Å². The van der Waals surface area contributed by atoms with Crippen LogP contribution in [-0.2, 0) is 6.18 Å². The van der Waals surface area contributed by atoms with Crippen molar-refractivity contribution in [1.29, 1.82) is 0 Å². The standard InChI is InChI=1S/C26H24ClF4N5O2/c1-35-9-2-10-36(12-11-35)22-7-3-16(13-20(22)26(29,30)31)24(37)33-21-6-5-18(28)14-19(21)25(38)34-23-8-4-17(27)15-32-23/h3-8,13-15H,2,9-12H2,1H3,(H,33,37)(H,32,34,38). The molecule has 38 heavy (non-hydrogen) atoms. The Balaban J connectivity index is 1.59. The number of benzene rings is 2. The quantitative estimate of drug-likeness (QED) is 0.409. The monoisotopic (exact) mass is 549 g/mol. The van der Waals surface area contributed by atoms with Gasteiger partial charge < -0.3 is 20.4 Å². The molecule has 7 nitrogen and oxygen atoms in total. The Morgan fingerprint density at radius 3 is 2.45 bits per heavy atom. The molecule has 1 saturated heterocycles. The summed E-state index contributed by atoms with van der Waals surface area (Å²) in [6, 6.07) is 9.38. The number of rotatable bonds is 5. The van der Waals surface area contributed by atoms with E-state index >= 15 is 0 Å². The van der Waals surface area contributed by atoms with Gasteiger partial charge in [-0.1, -0.05) is 11.6 Å². The second-order valence-electron chi connectivity index (χ2n) is 8.83. The molecular weight excluding hydrogens is 526 g/mol. The number of carbonyl (C=O) groups excluding carboxylic acids is 2. The van der Waals surface area contributed by atoms with Gasteiger partial charge in [0.1, 0.15) is 11.6 Å². The third-order valence-corrected chi connectivity index (χ3v) is 6.29. The highest BCUT2D eigenvalue weighted by Gasteiger charge is 2.36. The molecule has 0 aliphatic carbocycles. The summed E-state index contributed by atoms with van der Waals surface area (Å²) < 4.78 is 56.0. The maximum Gasteiger partial charge on any atom is 0.418 e. The third-order valence-electron chi connectivity index (χ3n) is 6.07. The fourth-order valence-corrected chi connectivity index (χ4v) is 4.22. The molecule has 2 amide bonds. The van der Waals surface area contributed by atoms with E-state index < -0.39 is 29.4 Å². The molecule has 2 heterocycles. The summed E-state index contributed by atoms with van der Waals surface area (Å²) in [5, 5.41) is 5.23. The average molecular weight is 550 g/mol. The molecule has 4 rings (SSSR count). The molecular formula is C26H24ClF4N5O2. The van der Waals surface area contributed by atoms with Crippen molar-refractivity contribution < 1.29 is 27.2 Å². The Labute approximate surface area is 221 Å². The lowest BCUT2D eigenvalue weighted by Gasteiger charge is -2.26. The smallest absolute Gasteiger partial charge is 0.370 e. The van der Waals surface area contributed by atoms with Gasteiger partial charge in [-0.3, -0.25) is 9.59 Å². The molecule has 1 fully saturated rings. The third kappa shape index (κ3) is 6.59. The van der Waals surface area contributed by atoms with Crippen molar-refractivity contribution in [1.82, 2.24) is 9.88 Å². The number of hydrogen-bond acceptors (Lipinski definition) is 5. The molecule has 1 aromatic heterocycles. The van der Waals surface area contributed by atoms with Crippen molar-refractivity contribution in [2.24, 2.45) is 0 Å². The van der Waals surface area contributed by atoms with E-state index in [0.717, 1.165) is 30.8 Å². The minimum absolute atomic E-state index is 0.00154. The zero-order chi connectivity index (χ0) is 27.4. The number of anilines is 3. The normalized spacial score (nSPS) is 14.6. The van der Waals surface area contributed by atoms with Gasteiger partial charge in [0.05, 0.1) is 21.8 Å². The van der Waals surface area contributed by atoms with E-state index in [9.17, 15) is 27.2 Å². The maximum atomic E-state index is 14.0. The van der Waals surface area contributed by atoms with Crippen molar-refractivity contribution in [3.05, 3.63) is 82.3 Å². The molecule has 0 atom stereocenters. The summed E-state index contributed by atoms with van der Waals surface area (Å²) >= 11 is 5.79. The van der Waals surface area contributed by atoms with Crippen LogP contribution in [0.4, 0.5) is 34.8 Å². The van der Waals surface area contributed by atoms with Crippen LogP contribution < -0.4 is 15.5 Å². The lowest BCUT2D eigenvalue weighted by atomic mass is 10.1. The van der Waals surface area contributed by atoms with Crippen LogP contribution in [0.25, 0.3) is 0 Å². The SMILES string of the molecule is CN1CCCN(c2ccc(C(=O)Nc3ccc(F)cc3C(=O)Nc3ccc(Cl)cn3)cc2C(F)(F)F)CC1.